The third kappa shape index (κ3) is 4.25. The summed E-state index contributed by atoms with van der Waals surface area (Å²) in [7, 11) is 3.37. The zero-order chi connectivity index (χ0) is 20.3. The Bertz CT molecular complexity index is 845. The van der Waals surface area contributed by atoms with E-state index in [0.717, 1.165) is 62.5 Å². The first-order valence-corrected chi connectivity index (χ1v) is 10.4. The number of nitrogens with zero attached hydrogens (tertiary/aromatic N) is 1. The standard InChI is InChI=1S/C24H30N2O3/c1-28-21-8-6-18(7-9-21)12-20-10-11-26(15-20)23(27)24(16-25-17-24)14-19-4-3-5-22(13-19)29-2/h3-9,13,20,25H,10-12,14-17H2,1-2H3. The monoisotopic (exact) mass is 394 g/mol. The summed E-state index contributed by atoms with van der Waals surface area (Å²) >= 11 is 0. The summed E-state index contributed by atoms with van der Waals surface area (Å²) in [6, 6.07) is 16.4. The average molecular weight is 395 g/mol. The summed E-state index contributed by atoms with van der Waals surface area (Å²) in [6.45, 7) is 3.22. The van der Waals surface area contributed by atoms with Gasteiger partial charge in [0.15, 0.2) is 0 Å². The Hall–Kier alpha value is -2.53. The number of benzene rings is 2. The van der Waals surface area contributed by atoms with Gasteiger partial charge in [-0.3, -0.25) is 4.79 Å². The normalized spacial score (nSPS) is 20.2. The molecule has 5 heteroatoms. The zero-order valence-corrected chi connectivity index (χ0v) is 17.3. The quantitative estimate of drug-likeness (QED) is 0.785. The van der Waals surface area contributed by atoms with Crippen LogP contribution >= 0.6 is 0 Å². The summed E-state index contributed by atoms with van der Waals surface area (Å²) in [6.07, 6.45) is 2.84. The molecular formula is C24H30N2O3. The average Bonchev–Trinajstić information content (AvgIpc) is 3.19. The minimum absolute atomic E-state index is 0.302. The minimum atomic E-state index is -0.318. The SMILES string of the molecule is COc1ccc(CC2CCN(C(=O)C3(Cc4cccc(OC)c4)CNC3)C2)cc1. The van der Waals surface area contributed by atoms with Crippen molar-refractivity contribution in [3.05, 3.63) is 59.7 Å². The molecular weight excluding hydrogens is 364 g/mol. The van der Waals surface area contributed by atoms with Crippen LogP contribution in [0.1, 0.15) is 17.5 Å². The highest BCUT2D eigenvalue weighted by atomic mass is 16.5. The van der Waals surface area contributed by atoms with E-state index in [0.29, 0.717) is 11.8 Å². The molecule has 29 heavy (non-hydrogen) atoms. The minimum Gasteiger partial charge on any atom is -0.497 e. The van der Waals surface area contributed by atoms with Gasteiger partial charge in [-0.15, -0.1) is 0 Å². The van der Waals surface area contributed by atoms with E-state index in [4.69, 9.17) is 9.47 Å². The molecule has 0 radical (unpaired) electrons. The van der Waals surface area contributed by atoms with Crippen molar-refractivity contribution in [1.29, 1.82) is 0 Å². The molecule has 4 rings (SSSR count). The van der Waals surface area contributed by atoms with Crippen LogP contribution in [0.15, 0.2) is 48.5 Å². The van der Waals surface area contributed by atoms with Gasteiger partial charge in [0.25, 0.3) is 0 Å². The van der Waals surface area contributed by atoms with E-state index in [1.807, 2.05) is 30.3 Å². The van der Waals surface area contributed by atoms with Crippen LogP contribution in [0.2, 0.25) is 0 Å². The molecule has 2 aliphatic rings. The third-order valence-corrected chi connectivity index (χ3v) is 6.31. The van der Waals surface area contributed by atoms with E-state index in [9.17, 15) is 4.79 Å². The highest BCUT2D eigenvalue weighted by Gasteiger charge is 2.47. The van der Waals surface area contributed by atoms with Crippen molar-refractivity contribution in [3.63, 3.8) is 0 Å². The lowest BCUT2D eigenvalue weighted by molar-refractivity contribution is -0.144. The second-order valence-corrected chi connectivity index (χ2v) is 8.37. The number of hydrogen-bond acceptors (Lipinski definition) is 4. The predicted octanol–water partition coefficient (Wildman–Crippen LogP) is 2.93. The fraction of sp³-hybridized carbons (Fsp3) is 0.458. The number of amides is 1. The lowest BCUT2D eigenvalue weighted by Gasteiger charge is -2.43. The maximum atomic E-state index is 13.4. The van der Waals surface area contributed by atoms with Gasteiger partial charge in [0, 0.05) is 26.2 Å². The lowest BCUT2D eigenvalue weighted by atomic mass is 9.75. The van der Waals surface area contributed by atoms with Crippen molar-refractivity contribution in [3.8, 4) is 11.5 Å². The molecule has 1 N–H and O–H groups in total. The van der Waals surface area contributed by atoms with Crippen LogP contribution in [-0.4, -0.2) is 51.2 Å². The first kappa shape index (κ1) is 19.8. The second kappa shape index (κ2) is 8.46. The molecule has 2 aromatic carbocycles. The molecule has 0 aromatic heterocycles. The number of hydrogen-bond donors (Lipinski definition) is 1. The van der Waals surface area contributed by atoms with Gasteiger partial charge in [0.1, 0.15) is 11.5 Å². The summed E-state index contributed by atoms with van der Waals surface area (Å²) in [5, 5.41) is 3.33. The first-order valence-electron chi connectivity index (χ1n) is 10.4. The number of carbonyl (C=O) groups excluding carboxylic acids is 1. The molecule has 0 bridgehead atoms. The van der Waals surface area contributed by atoms with Crippen molar-refractivity contribution in [1.82, 2.24) is 10.2 Å². The van der Waals surface area contributed by atoms with E-state index in [-0.39, 0.29) is 5.41 Å². The Labute approximate surface area is 173 Å². The Balaban J connectivity index is 1.39. The van der Waals surface area contributed by atoms with Crippen LogP contribution in [0.25, 0.3) is 0 Å². The molecule has 2 heterocycles. The van der Waals surface area contributed by atoms with Crippen molar-refractivity contribution in [2.45, 2.75) is 19.3 Å². The van der Waals surface area contributed by atoms with Gasteiger partial charge in [-0.05, 0) is 60.6 Å². The molecule has 0 spiro atoms. The second-order valence-electron chi connectivity index (χ2n) is 8.37. The van der Waals surface area contributed by atoms with Gasteiger partial charge in [-0.2, -0.15) is 0 Å². The fourth-order valence-electron chi connectivity index (χ4n) is 4.57. The number of nitrogens with one attached hydrogen (secondary N) is 1. The van der Waals surface area contributed by atoms with Gasteiger partial charge in [0.05, 0.1) is 19.6 Å². The lowest BCUT2D eigenvalue weighted by Crippen LogP contribution is -2.63. The van der Waals surface area contributed by atoms with Crippen molar-refractivity contribution in [2.75, 3.05) is 40.4 Å². The molecule has 1 amide bonds. The molecule has 2 aliphatic heterocycles. The maximum absolute atomic E-state index is 13.4. The van der Waals surface area contributed by atoms with Crippen LogP contribution in [-0.2, 0) is 17.6 Å². The molecule has 5 nitrogen and oxygen atoms in total. The molecule has 0 aliphatic carbocycles. The van der Waals surface area contributed by atoms with Gasteiger partial charge < -0.3 is 19.7 Å². The number of carbonyl (C=O) groups is 1. The van der Waals surface area contributed by atoms with Crippen LogP contribution in [0.4, 0.5) is 0 Å². The van der Waals surface area contributed by atoms with Gasteiger partial charge >= 0.3 is 0 Å². The Kier molecular flexibility index (Phi) is 5.76. The molecule has 1 unspecified atom stereocenters. The highest BCUT2D eigenvalue weighted by Crippen LogP contribution is 2.34. The summed E-state index contributed by atoms with van der Waals surface area (Å²) < 4.78 is 10.6. The molecule has 2 saturated heterocycles. The van der Waals surface area contributed by atoms with Crippen LogP contribution in [0.5, 0.6) is 11.5 Å². The van der Waals surface area contributed by atoms with E-state index in [1.54, 1.807) is 14.2 Å². The van der Waals surface area contributed by atoms with Gasteiger partial charge in [-0.25, -0.2) is 0 Å². The third-order valence-electron chi connectivity index (χ3n) is 6.31. The number of ether oxygens (including phenoxy) is 2. The fourth-order valence-corrected chi connectivity index (χ4v) is 4.57. The molecule has 1 atom stereocenters. The van der Waals surface area contributed by atoms with Gasteiger partial charge in [0.2, 0.25) is 5.91 Å². The maximum Gasteiger partial charge on any atom is 0.231 e. The van der Waals surface area contributed by atoms with Gasteiger partial charge in [-0.1, -0.05) is 24.3 Å². The van der Waals surface area contributed by atoms with Crippen molar-refractivity contribution >= 4 is 5.91 Å². The molecule has 154 valence electrons. The van der Waals surface area contributed by atoms with Crippen molar-refractivity contribution in [2.24, 2.45) is 11.3 Å². The number of likely N-dealkylation sites (tertiary alicyclic amines) is 1. The summed E-state index contributed by atoms with van der Waals surface area (Å²) in [5.41, 5.74) is 2.15. The Morgan fingerprint density at radius 1 is 1.07 bits per heavy atom. The van der Waals surface area contributed by atoms with E-state index >= 15 is 0 Å². The summed E-state index contributed by atoms with van der Waals surface area (Å²) in [4.78, 5) is 15.5. The molecule has 2 fully saturated rings. The van der Waals surface area contributed by atoms with Crippen LogP contribution in [0.3, 0.4) is 0 Å². The van der Waals surface area contributed by atoms with Crippen molar-refractivity contribution < 1.29 is 14.3 Å². The van der Waals surface area contributed by atoms with E-state index in [1.165, 1.54) is 5.56 Å². The van der Waals surface area contributed by atoms with Crippen LogP contribution < -0.4 is 14.8 Å². The van der Waals surface area contributed by atoms with E-state index < -0.39 is 0 Å². The number of methoxy groups -OCH3 is 2. The summed E-state index contributed by atoms with van der Waals surface area (Å²) in [5.74, 6) is 2.55. The number of rotatable bonds is 7. The largest absolute Gasteiger partial charge is 0.497 e. The van der Waals surface area contributed by atoms with Crippen LogP contribution in [0, 0.1) is 11.3 Å². The zero-order valence-electron chi connectivity index (χ0n) is 17.3. The Morgan fingerprint density at radius 3 is 2.48 bits per heavy atom. The smallest absolute Gasteiger partial charge is 0.231 e. The first-order chi connectivity index (χ1) is 14.1. The molecule has 0 saturated carbocycles. The van der Waals surface area contributed by atoms with E-state index in [2.05, 4.69) is 28.4 Å². The Morgan fingerprint density at radius 2 is 1.83 bits per heavy atom. The highest BCUT2D eigenvalue weighted by molar-refractivity contribution is 5.85. The molecule has 2 aromatic rings. The predicted molar refractivity (Wildman–Crippen MR) is 113 cm³/mol. The topological polar surface area (TPSA) is 50.8 Å².